The Balaban J connectivity index is 2.52. The average Bonchev–Trinajstić information content (AvgIpc) is 1.93. The van der Waals surface area contributed by atoms with Gasteiger partial charge in [-0.1, -0.05) is 6.92 Å². The predicted molar refractivity (Wildman–Crippen MR) is 36.6 cm³/mol. The van der Waals surface area contributed by atoms with Gasteiger partial charge in [0, 0.05) is 5.92 Å². The largest absolute Gasteiger partial charge is 0.390 e. The van der Waals surface area contributed by atoms with Crippen LogP contribution in [0.5, 0.6) is 0 Å². The summed E-state index contributed by atoms with van der Waals surface area (Å²) in [6.07, 6.45) is -1.57. The number of rotatable bonds is 0. The van der Waals surface area contributed by atoms with Crippen molar-refractivity contribution in [2.24, 2.45) is 5.92 Å². The van der Waals surface area contributed by atoms with Crippen LogP contribution < -0.4 is 0 Å². The first kappa shape index (κ1) is 7.98. The molecule has 0 saturated carbocycles. The summed E-state index contributed by atoms with van der Waals surface area (Å²) in [4.78, 5) is 0. The van der Waals surface area contributed by atoms with Crippen molar-refractivity contribution in [3.8, 4) is 0 Å². The van der Waals surface area contributed by atoms with E-state index in [9.17, 15) is 10.2 Å². The molecule has 1 aliphatic rings. The minimum Gasteiger partial charge on any atom is -0.390 e. The summed E-state index contributed by atoms with van der Waals surface area (Å²) in [5.41, 5.74) is 0. The molecule has 0 aromatic rings. The van der Waals surface area contributed by atoms with Gasteiger partial charge in [0.15, 0.2) is 0 Å². The van der Waals surface area contributed by atoms with E-state index in [4.69, 9.17) is 4.74 Å². The van der Waals surface area contributed by atoms with Gasteiger partial charge in [-0.3, -0.25) is 0 Å². The lowest BCUT2D eigenvalue weighted by Crippen LogP contribution is -2.47. The lowest BCUT2D eigenvalue weighted by Gasteiger charge is -2.34. The molecule has 0 spiro atoms. The van der Waals surface area contributed by atoms with Gasteiger partial charge in [-0.2, -0.15) is 0 Å². The van der Waals surface area contributed by atoms with Crippen LogP contribution >= 0.6 is 0 Å². The maximum Gasteiger partial charge on any atom is 0.106 e. The van der Waals surface area contributed by atoms with E-state index in [1.165, 1.54) is 0 Å². The zero-order valence-corrected chi connectivity index (χ0v) is 6.32. The molecule has 1 saturated heterocycles. The second-order valence-corrected chi connectivity index (χ2v) is 3.00. The zero-order chi connectivity index (χ0) is 7.72. The first-order valence-electron chi connectivity index (χ1n) is 3.60. The molecule has 0 aromatic carbocycles. The van der Waals surface area contributed by atoms with E-state index in [-0.39, 0.29) is 12.0 Å². The van der Waals surface area contributed by atoms with Crippen molar-refractivity contribution in [3.05, 3.63) is 0 Å². The SMILES string of the molecule is C[C@@H]1CO[C@@H](C)[C@@H](O)[C@@H]1O. The van der Waals surface area contributed by atoms with Crippen LogP contribution in [-0.4, -0.2) is 35.1 Å². The second kappa shape index (κ2) is 2.86. The summed E-state index contributed by atoms with van der Waals surface area (Å²) in [7, 11) is 0. The fourth-order valence-corrected chi connectivity index (χ4v) is 1.12. The fraction of sp³-hybridized carbons (Fsp3) is 1.00. The van der Waals surface area contributed by atoms with Gasteiger partial charge in [-0.25, -0.2) is 0 Å². The van der Waals surface area contributed by atoms with Crippen molar-refractivity contribution in [1.29, 1.82) is 0 Å². The Morgan fingerprint density at radius 1 is 1.20 bits per heavy atom. The Morgan fingerprint density at radius 2 is 1.80 bits per heavy atom. The molecule has 1 aliphatic heterocycles. The predicted octanol–water partition coefficient (Wildman–Crippen LogP) is -0.237. The van der Waals surface area contributed by atoms with Crippen LogP contribution in [-0.2, 0) is 4.74 Å². The van der Waals surface area contributed by atoms with Gasteiger partial charge >= 0.3 is 0 Å². The van der Waals surface area contributed by atoms with Gasteiger partial charge in [0.25, 0.3) is 0 Å². The molecule has 0 aliphatic carbocycles. The first-order valence-corrected chi connectivity index (χ1v) is 3.60. The summed E-state index contributed by atoms with van der Waals surface area (Å²) < 4.78 is 5.16. The quantitative estimate of drug-likeness (QED) is 0.496. The molecular weight excluding hydrogens is 132 g/mol. The third-order valence-electron chi connectivity index (χ3n) is 2.04. The Labute approximate surface area is 60.6 Å². The van der Waals surface area contributed by atoms with Gasteiger partial charge in [0.05, 0.1) is 18.8 Å². The van der Waals surface area contributed by atoms with Gasteiger partial charge in [-0.05, 0) is 6.92 Å². The molecule has 0 radical (unpaired) electrons. The Bertz CT molecular complexity index is 101. The van der Waals surface area contributed by atoms with Crippen molar-refractivity contribution in [2.75, 3.05) is 6.61 Å². The topological polar surface area (TPSA) is 49.7 Å². The Morgan fingerprint density at radius 3 is 2.30 bits per heavy atom. The second-order valence-electron chi connectivity index (χ2n) is 3.00. The summed E-state index contributed by atoms with van der Waals surface area (Å²) >= 11 is 0. The molecule has 1 rings (SSSR count). The smallest absolute Gasteiger partial charge is 0.106 e. The number of hydrogen-bond acceptors (Lipinski definition) is 3. The normalized spacial score (nSPS) is 49.2. The monoisotopic (exact) mass is 146 g/mol. The van der Waals surface area contributed by atoms with E-state index >= 15 is 0 Å². The molecule has 3 nitrogen and oxygen atoms in total. The molecule has 0 unspecified atom stereocenters. The van der Waals surface area contributed by atoms with Crippen LogP contribution in [0.4, 0.5) is 0 Å². The molecule has 1 fully saturated rings. The first-order chi connectivity index (χ1) is 4.63. The third-order valence-corrected chi connectivity index (χ3v) is 2.04. The summed E-state index contributed by atoms with van der Waals surface area (Å²) in [5.74, 6) is 0.0474. The van der Waals surface area contributed by atoms with Gasteiger partial charge < -0.3 is 14.9 Å². The summed E-state index contributed by atoms with van der Waals surface area (Å²) in [5, 5.41) is 18.5. The fourth-order valence-electron chi connectivity index (χ4n) is 1.12. The van der Waals surface area contributed by atoms with Crippen LogP contribution in [0.2, 0.25) is 0 Å². The van der Waals surface area contributed by atoms with Crippen molar-refractivity contribution in [3.63, 3.8) is 0 Å². The number of aliphatic hydroxyl groups excluding tert-OH is 2. The zero-order valence-electron chi connectivity index (χ0n) is 6.32. The molecule has 3 heteroatoms. The molecule has 1 heterocycles. The highest BCUT2D eigenvalue weighted by Gasteiger charge is 2.33. The highest BCUT2D eigenvalue weighted by atomic mass is 16.5. The molecule has 0 bridgehead atoms. The highest BCUT2D eigenvalue weighted by Crippen LogP contribution is 2.18. The maximum absolute atomic E-state index is 9.29. The van der Waals surface area contributed by atoms with Crippen LogP contribution in [0, 0.1) is 5.92 Å². The van der Waals surface area contributed by atoms with Crippen LogP contribution in [0.25, 0.3) is 0 Å². The molecule has 2 N–H and O–H groups in total. The Kier molecular flexibility index (Phi) is 2.28. The molecule has 0 amide bonds. The van der Waals surface area contributed by atoms with Crippen LogP contribution in [0.1, 0.15) is 13.8 Å². The maximum atomic E-state index is 9.29. The molecule has 60 valence electrons. The summed E-state index contributed by atoms with van der Waals surface area (Å²) in [6, 6.07) is 0. The minimum atomic E-state index is -0.719. The molecule has 0 aromatic heterocycles. The van der Waals surface area contributed by atoms with Crippen LogP contribution in [0.3, 0.4) is 0 Å². The minimum absolute atomic E-state index is 0.0474. The molecule has 10 heavy (non-hydrogen) atoms. The van der Waals surface area contributed by atoms with E-state index in [0.29, 0.717) is 6.61 Å². The lowest BCUT2D eigenvalue weighted by molar-refractivity contribution is -0.153. The molecular formula is C7H14O3. The van der Waals surface area contributed by atoms with E-state index in [2.05, 4.69) is 0 Å². The third kappa shape index (κ3) is 1.31. The number of aliphatic hydroxyl groups is 2. The summed E-state index contributed by atoms with van der Waals surface area (Å²) in [6.45, 7) is 4.17. The number of hydrogen-bond donors (Lipinski definition) is 2. The molecule has 4 atom stereocenters. The lowest BCUT2D eigenvalue weighted by atomic mass is 9.95. The standard InChI is InChI=1S/C7H14O3/c1-4-3-10-5(2)7(9)6(4)8/h4-9H,3H2,1-2H3/t4-,5+,6-,7-/m1/s1. The van der Waals surface area contributed by atoms with Gasteiger partial charge in [-0.15, -0.1) is 0 Å². The Hall–Kier alpha value is -0.120. The van der Waals surface area contributed by atoms with E-state index in [1.54, 1.807) is 6.92 Å². The average molecular weight is 146 g/mol. The van der Waals surface area contributed by atoms with Crippen molar-refractivity contribution in [1.82, 2.24) is 0 Å². The van der Waals surface area contributed by atoms with E-state index < -0.39 is 12.2 Å². The van der Waals surface area contributed by atoms with E-state index in [0.717, 1.165) is 0 Å². The van der Waals surface area contributed by atoms with Crippen molar-refractivity contribution in [2.45, 2.75) is 32.2 Å². The van der Waals surface area contributed by atoms with Crippen molar-refractivity contribution < 1.29 is 14.9 Å². The van der Waals surface area contributed by atoms with Crippen LogP contribution in [0.15, 0.2) is 0 Å². The van der Waals surface area contributed by atoms with Gasteiger partial charge in [0.2, 0.25) is 0 Å². The number of ether oxygens (including phenoxy) is 1. The highest BCUT2D eigenvalue weighted by molar-refractivity contribution is 4.81. The van der Waals surface area contributed by atoms with Gasteiger partial charge in [0.1, 0.15) is 6.10 Å². The van der Waals surface area contributed by atoms with Crippen molar-refractivity contribution >= 4 is 0 Å². The van der Waals surface area contributed by atoms with E-state index in [1.807, 2.05) is 6.92 Å².